The second-order valence-corrected chi connectivity index (χ2v) is 9.79. The molecule has 0 radical (unpaired) electrons. The number of fused-ring (bicyclic) bond motifs is 1. The molecule has 2 saturated heterocycles. The number of halogens is 2. The van der Waals surface area contributed by atoms with Gasteiger partial charge in [0.1, 0.15) is 40.3 Å². The lowest BCUT2D eigenvalue weighted by Crippen LogP contribution is -2.70. The maximum absolute atomic E-state index is 14.4. The second kappa shape index (κ2) is 6.98. The van der Waals surface area contributed by atoms with Crippen LogP contribution >= 0.6 is 23.4 Å². The highest BCUT2D eigenvalue weighted by atomic mass is 35.5. The molecule has 1 aromatic carbocycles. The number of hydrogen-bond acceptors (Lipinski definition) is 6. The van der Waals surface area contributed by atoms with Gasteiger partial charge in [-0.1, -0.05) is 22.8 Å². The average Bonchev–Trinajstić information content (AvgIpc) is 3.14. The molecule has 158 valence electrons. The lowest BCUT2D eigenvalue weighted by molar-refractivity contribution is -0.159. The minimum atomic E-state index is -1.10. The van der Waals surface area contributed by atoms with Gasteiger partial charge in [-0.15, -0.1) is 11.8 Å². The largest absolute Gasteiger partial charge is 0.480 e. The van der Waals surface area contributed by atoms with Crippen molar-refractivity contribution in [3.63, 3.8) is 0 Å². The Kier molecular flexibility index (Phi) is 4.81. The van der Waals surface area contributed by atoms with Crippen LogP contribution in [-0.2, 0) is 9.59 Å². The first-order valence-electron chi connectivity index (χ1n) is 8.99. The quantitative estimate of drug-likeness (QED) is 0.535. The predicted octanol–water partition coefficient (Wildman–Crippen LogP) is 2.69. The van der Waals surface area contributed by atoms with Crippen molar-refractivity contribution in [2.45, 2.75) is 43.0 Å². The molecule has 3 heterocycles. The molecule has 0 spiro atoms. The van der Waals surface area contributed by atoms with Crippen LogP contribution in [0.4, 0.5) is 4.39 Å². The van der Waals surface area contributed by atoms with Crippen LogP contribution in [0.2, 0.25) is 5.02 Å². The van der Waals surface area contributed by atoms with Crippen LogP contribution in [0.3, 0.4) is 0 Å². The molecule has 2 aliphatic rings. The van der Waals surface area contributed by atoms with Crippen molar-refractivity contribution in [2.24, 2.45) is 0 Å². The number of thioether (sulfide) groups is 1. The van der Waals surface area contributed by atoms with Gasteiger partial charge in [-0.2, -0.15) is 0 Å². The van der Waals surface area contributed by atoms with E-state index in [9.17, 15) is 23.9 Å². The summed E-state index contributed by atoms with van der Waals surface area (Å²) < 4.78 is 18.7. The van der Waals surface area contributed by atoms with E-state index in [4.69, 9.17) is 16.1 Å². The Hall–Kier alpha value is -2.59. The molecule has 30 heavy (non-hydrogen) atoms. The van der Waals surface area contributed by atoms with Gasteiger partial charge in [0.2, 0.25) is 5.91 Å². The minimum Gasteiger partial charge on any atom is -0.480 e. The van der Waals surface area contributed by atoms with Crippen molar-refractivity contribution in [3.8, 4) is 11.3 Å². The molecule has 0 saturated carbocycles. The molecule has 2 amide bonds. The van der Waals surface area contributed by atoms with Crippen molar-refractivity contribution in [2.75, 3.05) is 0 Å². The molecule has 2 aromatic rings. The number of carboxylic acids is 1. The Balaban J connectivity index is 1.62. The Morgan fingerprint density at radius 3 is 2.73 bits per heavy atom. The third kappa shape index (κ3) is 2.97. The molecule has 2 aliphatic heterocycles. The average molecular weight is 459 g/mol. The first kappa shape index (κ1) is 20.7. The Morgan fingerprint density at radius 1 is 1.40 bits per heavy atom. The van der Waals surface area contributed by atoms with Gasteiger partial charge in [-0.05, 0) is 32.9 Å². The highest BCUT2D eigenvalue weighted by Gasteiger charge is 2.64. The summed E-state index contributed by atoms with van der Waals surface area (Å²) >= 11 is 7.40. The Morgan fingerprint density at radius 2 is 2.10 bits per heavy atom. The SMILES string of the molecule is CC1(C)S[C@@H]2[C@H](N[13C](=O)[13c]3c(-c4c(F)cccc4Cl)[15n]o[13c]3[13CH3])C(=O)N2[C@H]1C(=O)O. The summed E-state index contributed by atoms with van der Waals surface area (Å²) in [6.07, 6.45) is 0. The van der Waals surface area contributed by atoms with Gasteiger partial charge in [0, 0.05) is 4.75 Å². The monoisotopic (exact) mass is 458 g/mol. The maximum atomic E-state index is 14.4. The molecular weight excluding hydrogens is 442 g/mol. The standard InChI is InChI=1S/C19H17ClFN3O5S/c1-7-10(12(23-29-7)11-8(20)5-4-6-9(11)21)15(25)22-13-16(26)24-14(18(27)28)19(2,3)30-17(13)24/h4-6,13-14,17H,1-3H3,(H,22,25)(H,27,28)/t13-,14+,17-/m1/s1/i1+1,7+1,10+1,15+1,23+1. The van der Waals surface area contributed by atoms with Crippen molar-refractivity contribution in [3.05, 3.63) is 40.4 Å². The molecule has 11 heteroatoms. The highest BCUT2D eigenvalue weighted by molar-refractivity contribution is 8.01. The maximum Gasteiger partial charge on any atom is 0.327 e. The van der Waals surface area contributed by atoms with E-state index in [0.717, 1.165) is 0 Å². The number of nitrogens with zero attached hydrogens (tertiary/aromatic N) is 2. The van der Waals surface area contributed by atoms with Gasteiger partial charge in [0.15, 0.2) is 0 Å². The van der Waals surface area contributed by atoms with Crippen molar-refractivity contribution >= 4 is 41.1 Å². The number of aryl methyl sites for hydroxylation is 1. The number of carbonyl (C=O) groups is 3. The summed E-state index contributed by atoms with van der Waals surface area (Å²) in [5, 5.41) is 15.4. The topological polar surface area (TPSA) is 113 Å². The number of nitrogens with one attached hydrogen (secondary N) is 1. The summed E-state index contributed by atoms with van der Waals surface area (Å²) in [6.45, 7) is 4.97. The summed E-state index contributed by atoms with van der Waals surface area (Å²) in [4.78, 5) is 38.5. The number of amides is 2. The minimum absolute atomic E-state index is 0.0368. The number of benzene rings is 1. The first-order chi connectivity index (χ1) is 14.0. The number of carbonyl (C=O) groups excluding carboxylic acids is 2. The van der Waals surface area contributed by atoms with Crippen molar-refractivity contribution in [1.29, 1.82) is 0 Å². The summed E-state index contributed by atoms with van der Waals surface area (Å²) in [7, 11) is 0. The van der Waals surface area contributed by atoms with E-state index in [1.807, 2.05) is 0 Å². The van der Waals surface area contributed by atoms with E-state index in [0.29, 0.717) is 0 Å². The van der Waals surface area contributed by atoms with Crippen molar-refractivity contribution in [1.82, 2.24) is 15.4 Å². The van der Waals surface area contributed by atoms with E-state index >= 15 is 0 Å². The normalized spacial score (nSPS) is 24.4. The third-order valence-electron chi connectivity index (χ3n) is 5.25. The number of carboxylic acid groups (broad SMARTS) is 1. The van der Waals surface area contributed by atoms with E-state index in [1.54, 1.807) is 13.8 Å². The van der Waals surface area contributed by atoms with Crippen LogP contribution in [0.15, 0.2) is 22.7 Å². The molecule has 3 atom stereocenters. The van der Waals surface area contributed by atoms with Crippen LogP contribution in [0.5, 0.6) is 0 Å². The number of aromatic nitrogens is 1. The van der Waals surface area contributed by atoms with Gasteiger partial charge in [-0.25, -0.2) is 9.18 Å². The third-order valence-corrected chi connectivity index (χ3v) is 7.14. The second-order valence-electron chi connectivity index (χ2n) is 7.61. The van der Waals surface area contributed by atoms with Gasteiger partial charge in [-0.3, -0.25) is 9.59 Å². The summed E-state index contributed by atoms with van der Waals surface area (Å²) in [5.74, 6) is -2.81. The molecule has 0 aliphatic carbocycles. The van der Waals surface area contributed by atoms with Crippen LogP contribution in [0.1, 0.15) is 30.0 Å². The van der Waals surface area contributed by atoms with Crippen LogP contribution in [0, 0.1) is 12.7 Å². The number of hydrogen-bond donors (Lipinski definition) is 2. The number of aliphatic carboxylic acids is 1. The van der Waals surface area contributed by atoms with Gasteiger partial charge in [0.05, 0.1) is 10.6 Å². The lowest BCUT2D eigenvalue weighted by Gasteiger charge is -2.43. The van der Waals surface area contributed by atoms with E-state index in [2.05, 4.69) is 10.5 Å². The number of rotatable bonds is 4. The number of β-lactam (4-membered cyclic amide) rings is 1. The summed E-state index contributed by atoms with van der Waals surface area (Å²) in [6, 6.07) is 2.17. The van der Waals surface area contributed by atoms with Gasteiger partial charge >= 0.3 is 5.97 Å². The van der Waals surface area contributed by atoms with E-state index < -0.39 is 45.8 Å². The fourth-order valence-corrected chi connectivity index (χ4v) is 5.77. The van der Waals surface area contributed by atoms with E-state index in [-0.39, 0.29) is 27.6 Å². The smallest absolute Gasteiger partial charge is 0.327 e. The predicted molar refractivity (Wildman–Crippen MR) is 107 cm³/mol. The Labute approximate surface area is 179 Å². The van der Waals surface area contributed by atoms with Crippen molar-refractivity contribution < 1.29 is 28.4 Å². The fraction of sp³-hybridized carbons (Fsp3) is 0.368. The molecule has 0 unspecified atom stereocenters. The Bertz CT molecular complexity index is 1070. The zero-order chi connectivity index (χ0) is 22.0. The molecular formula is C19H17ClFN3O5S. The van der Waals surface area contributed by atoms with Crippen LogP contribution in [-0.4, -0.2) is 55.2 Å². The highest BCUT2D eigenvalue weighted by Crippen LogP contribution is 2.50. The zero-order valence-corrected chi connectivity index (χ0v) is 17.7. The van der Waals surface area contributed by atoms with Crippen LogP contribution in [0.25, 0.3) is 11.3 Å². The van der Waals surface area contributed by atoms with Gasteiger partial charge < -0.3 is 19.8 Å². The fourth-order valence-electron chi connectivity index (χ4n) is 3.89. The molecule has 4 rings (SSSR count). The van der Waals surface area contributed by atoms with Gasteiger partial charge in [0.25, 0.3) is 5.91 Å². The molecule has 2 fully saturated rings. The molecule has 2 N–H and O–H groups in total. The summed E-state index contributed by atoms with van der Waals surface area (Å²) in [5.41, 5.74) is -0.185. The van der Waals surface area contributed by atoms with E-state index in [1.165, 1.54) is 41.8 Å². The molecule has 0 bridgehead atoms. The lowest BCUT2D eigenvalue weighted by atomic mass is 9.96. The first-order valence-corrected chi connectivity index (χ1v) is 10.2. The molecule has 8 nitrogen and oxygen atoms in total. The van der Waals surface area contributed by atoms with Crippen LogP contribution < -0.4 is 5.32 Å². The molecule has 1 aromatic heterocycles. The zero-order valence-electron chi connectivity index (χ0n) is 16.1.